The second kappa shape index (κ2) is 3.91. The van der Waals surface area contributed by atoms with Crippen LogP contribution in [0.5, 0.6) is 0 Å². The number of rotatable bonds is 1. The van der Waals surface area contributed by atoms with Crippen LogP contribution in [-0.4, -0.2) is 24.0 Å². The molecule has 0 radical (unpaired) electrons. The molecular formula is C13H16BrN. The summed E-state index contributed by atoms with van der Waals surface area (Å²) >= 11 is 3.68. The largest absolute Gasteiger partial charge is 0.300 e. The molecule has 1 fully saturated rings. The number of nitrogens with zero attached hydrogens (tertiary/aromatic N) is 1. The summed E-state index contributed by atoms with van der Waals surface area (Å²) in [7, 11) is 0. The van der Waals surface area contributed by atoms with Crippen molar-refractivity contribution in [3.8, 4) is 0 Å². The highest BCUT2D eigenvalue weighted by Gasteiger charge is 2.28. The summed E-state index contributed by atoms with van der Waals surface area (Å²) in [4.78, 5) is 2.64. The first kappa shape index (κ1) is 9.86. The number of hydrogen-bond acceptors (Lipinski definition) is 1. The van der Waals surface area contributed by atoms with E-state index in [9.17, 15) is 0 Å². The third-order valence-electron chi connectivity index (χ3n) is 3.81. The number of aryl methyl sites for hydroxylation is 1. The molecule has 2 aliphatic rings. The molecule has 80 valence electrons. The molecule has 0 N–H and O–H groups in total. The molecule has 0 bridgehead atoms. The van der Waals surface area contributed by atoms with E-state index >= 15 is 0 Å². The van der Waals surface area contributed by atoms with E-state index in [1.165, 1.54) is 43.2 Å². The van der Waals surface area contributed by atoms with Crippen molar-refractivity contribution in [2.45, 2.75) is 31.7 Å². The predicted molar refractivity (Wildman–Crippen MR) is 66.1 cm³/mol. The van der Waals surface area contributed by atoms with Crippen LogP contribution in [-0.2, 0) is 12.8 Å². The number of halogens is 1. The van der Waals surface area contributed by atoms with Gasteiger partial charge in [0, 0.05) is 10.5 Å². The second-order valence-electron chi connectivity index (χ2n) is 4.66. The van der Waals surface area contributed by atoms with Gasteiger partial charge in [0.05, 0.1) is 0 Å². The number of hydrogen-bond donors (Lipinski definition) is 0. The van der Waals surface area contributed by atoms with Crippen molar-refractivity contribution in [1.82, 2.24) is 4.90 Å². The zero-order valence-corrected chi connectivity index (χ0v) is 10.5. The molecule has 1 aromatic carbocycles. The Hall–Kier alpha value is -0.340. The number of fused-ring (bicyclic) bond motifs is 1. The smallest absolute Gasteiger partial charge is 0.0210 e. The van der Waals surface area contributed by atoms with Gasteiger partial charge in [0.2, 0.25) is 0 Å². The minimum Gasteiger partial charge on any atom is -0.300 e. The van der Waals surface area contributed by atoms with Crippen LogP contribution in [0.25, 0.3) is 0 Å². The third-order valence-corrected chi connectivity index (χ3v) is 4.55. The average Bonchev–Trinajstić information content (AvgIpc) is 2.17. The highest BCUT2D eigenvalue weighted by Crippen LogP contribution is 2.31. The van der Waals surface area contributed by atoms with Gasteiger partial charge in [-0.3, -0.25) is 4.90 Å². The lowest BCUT2D eigenvalue weighted by Gasteiger charge is -2.41. The van der Waals surface area contributed by atoms with E-state index in [1.807, 2.05) is 0 Å². The molecule has 1 atom stereocenters. The Morgan fingerprint density at radius 2 is 2.13 bits per heavy atom. The van der Waals surface area contributed by atoms with Crippen molar-refractivity contribution in [3.05, 3.63) is 33.8 Å². The van der Waals surface area contributed by atoms with Crippen LogP contribution < -0.4 is 0 Å². The molecule has 1 aromatic rings. The Morgan fingerprint density at radius 1 is 1.27 bits per heavy atom. The lowest BCUT2D eigenvalue weighted by Crippen LogP contribution is -2.47. The maximum absolute atomic E-state index is 3.68. The van der Waals surface area contributed by atoms with Gasteiger partial charge in [-0.25, -0.2) is 0 Å². The van der Waals surface area contributed by atoms with Gasteiger partial charge in [-0.05, 0) is 56.0 Å². The first-order chi connectivity index (χ1) is 7.34. The van der Waals surface area contributed by atoms with Crippen molar-refractivity contribution in [3.63, 3.8) is 0 Å². The maximum Gasteiger partial charge on any atom is 0.0210 e. The monoisotopic (exact) mass is 265 g/mol. The molecule has 0 saturated carbocycles. The summed E-state index contributed by atoms with van der Waals surface area (Å²) in [6.07, 6.45) is 5.26. The Labute approximate surface area is 99.6 Å². The molecule has 15 heavy (non-hydrogen) atoms. The van der Waals surface area contributed by atoms with Gasteiger partial charge < -0.3 is 0 Å². The fourth-order valence-corrected chi connectivity index (χ4v) is 3.31. The molecule has 1 aliphatic heterocycles. The summed E-state index contributed by atoms with van der Waals surface area (Å²) in [6.45, 7) is 2.65. The normalized spacial score (nSPS) is 25.8. The van der Waals surface area contributed by atoms with Crippen LogP contribution in [0, 0.1) is 0 Å². The van der Waals surface area contributed by atoms with Gasteiger partial charge >= 0.3 is 0 Å². The van der Waals surface area contributed by atoms with Crippen molar-refractivity contribution in [2.24, 2.45) is 0 Å². The van der Waals surface area contributed by atoms with E-state index in [0.29, 0.717) is 0 Å². The quantitative estimate of drug-likeness (QED) is 0.755. The molecule has 0 spiro atoms. The van der Waals surface area contributed by atoms with E-state index in [0.717, 1.165) is 6.04 Å². The molecule has 0 aromatic heterocycles. The van der Waals surface area contributed by atoms with Gasteiger partial charge in [-0.2, -0.15) is 0 Å². The topological polar surface area (TPSA) is 3.24 Å². The average molecular weight is 266 g/mol. The van der Waals surface area contributed by atoms with Crippen LogP contribution in [0.1, 0.15) is 24.0 Å². The van der Waals surface area contributed by atoms with Crippen molar-refractivity contribution in [1.29, 1.82) is 0 Å². The van der Waals surface area contributed by atoms with Gasteiger partial charge in [-0.15, -0.1) is 0 Å². The Kier molecular flexibility index (Phi) is 2.57. The van der Waals surface area contributed by atoms with Gasteiger partial charge in [0.15, 0.2) is 0 Å². The fourth-order valence-electron chi connectivity index (χ4n) is 2.74. The van der Waals surface area contributed by atoms with E-state index < -0.39 is 0 Å². The Bertz CT molecular complexity index is 371. The minimum atomic E-state index is 0.810. The molecule has 1 nitrogen and oxygen atoms in total. The predicted octanol–water partition coefficient (Wildman–Crippen LogP) is 3.01. The first-order valence-electron chi connectivity index (χ1n) is 5.85. The standard InChI is InChI=1S/C13H16BrN/c14-13-4-1-3-10-5-6-11(9-12(10)13)15-7-2-8-15/h1,3-4,11H,2,5-9H2. The first-order valence-corrected chi connectivity index (χ1v) is 6.64. The molecule has 0 amide bonds. The van der Waals surface area contributed by atoms with Crippen LogP contribution >= 0.6 is 15.9 Å². The van der Waals surface area contributed by atoms with Gasteiger partial charge in [0.25, 0.3) is 0 Å². The van der Waals surface area contributed by atoms with Crippen LogP contribution in [0.15, 0.2) is 22.7 Å². The molecule has 1 aliphatic carbocycles. The number of benzene rings is 1. The lowest BCUT2D eigenvalue weighted by molar-refractivity contribution is 0.107. The molecule has 2 heteroatoms. The summed E-state index contributed by atoms with van der Waals surface area (Å²) in [5.41, 5.74) is 3.11. The second-order valence-corrected chi connectivity index (χ2v) is 5.52. The van der Waals surface area contributed by atoms with E-state index in [2.05, 4.69) is 39.0 Å². The van der Waals surface area contributed by atoms with Gasteiger partial charge in [0.1, 0.15) is 0 Å². The summed E-state index contributed by atoms with van der Waals surface area (Å²) in [5.74, 6) is 0. The summed E-state index contributed by atoms with van der Waals surface area (Å²) < 4.78 is 1.31. The van der Waals surface area contributed by atoms with E-state index in [-0.39, 0.29) is 0 Å². The molecular weight excluding hydrogens is 250 g/mol. The van der Waals surface area contributed by atoms with E-state index in [1.54, 1.807) is 11.1 Å². The molecule has 1 unspecified atom stereocenters. The summed E-state index contributed by atoms with van der Waals surface area (Å²) in [6, 6.07) is 7.43. The lowest BCUT2D eigenvalue weighted by atomic mass is 9.86. The van der Waals surface area contributed by atoms with Crippen molar-refractivity contribution < 1.29 is 0 Å². The van der Waals surface area contributed by atoms with Crippen molar-refractivity contribution >= 4 is 15.9 Å². The maximum atomic E-state index is 3.68. The molecule has 1 saturated heterocycles. The zero-order valence-electron chi connectivity index (χ0n) is 8.88. The highest BCUT2D eigenvalue weighted by molar-refractivity contribution is 9.10. The molecule has 1 heterocycles. The molecule has 3 rings (SSSR count). The minimum absolute atomic E-state index is 0.810. The van der Waals surface area contributed by atoms with Gasteiger partial charge in [-0.1, -0.05) is 28.1 Å². The highest BCUT2D eigenvalue weighted by atomic mass is 79.9. The Balaban J connectivity index is 1.85. The zero-order chi connectivity index (χ0) is 10.3. The van der Waals surface area contributed by atoms with Crippen LogP contribution in [0.4, 0.5) is 0 Å². The third kappa shape index (κ3) is 1.74. The fraction of sp³-hybridized carbons (Fsp3) is 0.538. The number of likely N-dealkylation sites (tertiary alicyclic amines) is 1. The van der Waals surface area contributed by atoms with E-state index in [4.69, 9.17) is 0 Å². The summed E-state index contributed by atoms with van der Waals surface area (Å²) in [5, 5.41) is 0. The van der Waals surface area contributed by atoms with Crippen LogP contribution in [0.3, 0.4) is 0 Å². The van der Waals surface area contributed by atoms with Crippen molar-refractivity contribution in [2.75, 3.05) is 13.1 Å². The Morgan fingerprint density at radius 3 is 2.87 bits per heavy atom. The van der Waals surface area contributed by atoms with Crippen LogP contribution in [0.2, 0.25) is 0 Å². The SMILES string of the molecule is Brc1cccc2c1CC(N1CCC1)CC2.